The summed E-state index contributed by atoms with van der Waals surface area (Å²) < 4.78 is 6.65. The van der Waals surface area contributed by atoms with Crippen LogP contribution in [-0.4, -0.2) is 35.3 Å². The summed E-state index contributed by atoms with van der Waals surface area (Å²) in [6.45, 7) is 4.20. The number of halogens is 1. The van der Waals surface area contributed by atoms with E-state index in [9.17, 15) is 9.59 Å². The van der Waals surface area contributed by atoms with Crippen molar-refractivity contribution in [1.29, 1.82) is 0 Å². The van der Waals surface area contributed by atoms with Crippen LogP contribution in [0.3, 0.4) is 0 Å². The highest BCUT2D eigenvalue weighted by molar-refractivity contribution is 9.10. The first kappa shape index (κ1) is 22.0. The number of hydrogen-bond acceptors (Lipinski definition) is 5. The molecule has 156 valence electrons. The standard InChI is InChI=1S/C22H22BrN3O3S/c1-14-10-17(23)6-9-20(14)25-21(27)11-26(3)22(28)16-4-7-19(8-5-16)29-12-18-13-30-15(2)24-18/h4-10,13H,11-12H2,1-3H3,(H,25,27). The molecule has 8 heteroatoms. The Hall–Kier alpha value is -2.71. The molecule has 3 rings (SSSR count). The molecule has 3 aromatic rings. The van der Waals surface area contributed by atoms with Crippen LogP contribution in [0.15, 0.2) is 52.3 Å². The number of aromatic nitrogens is 1. The van der Waals surface area contributed by atoms with Gasteiger partial charge in [0, 0.05) is 28.2 Å². The van der Waals surface area contributed by atoms with Crippen LogP contribution in [0.1, 0.15) is 26.6 Å². The van der Waals surface area contributed by atoms with E-state index in [1.165, 1.54) is 4.90 Å². The topological polar surface area (TPSA) is 71.5 Å². The summed E-state index contributed by atoms with van der Waals surface area (Å²) in [7, 11) is 1.60. The molecule has 0 spiro atoms. The molecule has 0 bridgehead atoms. The van der Waals surface area contributed by atoms with Crippen molar-refractivity contribution in [2.45, 2.75) is 20.5 Å². The fraction of sp³-hybridized carbons (Fsp3) is 0.227. The lowest BCUT2D eigenvalue weighted by Gasteiger charge is -2.17. The van der Waals surface area contributed by atoms with Crippen molar-refractivity contribution < 1.29 is 14.3 Å². The highest BCUT2D eigenvalue weighted by Gasteiger charge is 2.16. The molecule has 0 atom stereocenters. The SMILES string of the molecule is Cc1nc(COc2ccc(C(=O)N(C)CC(=O)Nc3ccc(Br)cc3C)cc2)cs1. The maximum Gasteiger partial charge on any atom is 0.254 e. The highest BCUT2D eigenvalue weighted by Crippen LogP contribution is 2.20. The Morgan fingerprint density at radius 1 is 1.17 bits per heavy atom. The molecule has 0 fully saturated rings. The minimum Gasteiger partial charge on any atom is -0.487 e. The van der Waals surface area contributed by atoms with E-state index in [2.05, 4.69) is 26.2 Å². The molecule has 0 saturated heterocycles. The third-order valence-electron chi connectivity index (χ3n) is 4.34. The molecule has 1 aromatic heterocycles. The molecule has 1 heterocycles. The fourth-order valence-corrected chi connectivity index (χ4v) is 3.86. The smallest absolute Gasteiger partial charge is 0.254 e. The summed E-state index contributed by atoms with van der Waals surface area (Å²) in [5.74, 6) is 0.164. The van der Waals surface area contributed by atoms with Crippen LogP contribution in [0.2, 0.25) is 0 Å². The van der Waals surface area contributed by atoms with Crippen LogP contribution in [0.4, 0.5) is 5.69 Å². The second-order valence-corrected chi connectivity index (χ2v) is 8.82. The van der Waals surface area contributed by atoms with Gasteiger partial charge in [-0.25, -0.2) is 4.98 Å². The Kier molecular flexibility index (Phi) is 7.23. The van der Waals surface area contributed by atoms with Gasteiger partial charge in [-0.05, 0) is 61.9 Å². The first-order valence-corrected chi connectivity index (χ1v) is 10.9. The Labute approximate surface area is 188 Å². The fourth-order valence-electron chi connectivity index (χ4n) is 2.79. The molecule has 0 aliphatic carbocycles. The van der Waals surface area contributed by atoms with Crippen LogP contribution < -0.4 is 10.1 Å². The minimum absolute atomic E-state index is 0.0459. The molecule has 0 radical (unpaired) electrons. The molecular weight excluding hydrogens is 466 g/mol. The quantitative estimate of drug-likeness (QED) is 0.518. The molecule has 1 N–H and O–H groups in total. The minimum atomic E-state index is -0.255. The van der Waals surface area contributed by atoms with Crippen molar-refractivity contribution in [3.05, 3.63) is 74.1 Å². The number of hydrogen-bond donors (Lipinski definition) is 1. The van der Waals surface area contributed by atoms with Gasteiger partial charge in [0.2, 0.25) is 5.91 Å². The zero-order valence-corrected chi connectivity index (χ0v) is 19.3. The van der Waals surface area contributed by atoms with E-state index in [1.807, 2.05) is 37.4 Å². The number of anilines is 1. The van der Waals surface area contributed by atoms with E-state index >= 15 is 0 Å². The van der Waals surface area contributed by atoms with Crippen molar-refractivity contribution in [2.24, 2.45) is 0 Å². The van der Waals surface area contributed by atoms with E-state index in [1.54, 1.807) is 42.6 Å². The van der Waals surface area contributed by atoms with Crippen molar-refractivity contribution in [1.82, 2.24) is 9.88 Å². The van der Waals surface area contributed by atoms with Gasteiger partial charge in [0.1, 0.15) is 12.4 Å². The monoisotopic (exact) mass is 487 g/mol. The van der Waals surface area contributed by atoms with Gasteiger partial charge < -0.3 is 15.0 Å². The predicted octanol–water partition coefficient (Wildman–Crippen LogP) is 4.81. The van der Waals surface area contributed by atoms with Crippen LogP contribution in [0.5, 0.6) is 5.75 Å². The maximum absolute atomic E-state index is 12.6. The molecule has 2 amide bonds. The van der Waals surface area contributed by atoms with Gasteiger partial charge in [0.25, 0.3) is 5.91 Å². The summed E-state index contributed by atoms with van der Waals surface area (Å²) in [6.07, 6.45) is 0. The Balaban J connectivity index is 1.53. The number of aryl methyl sites for hydroxylation is 2. The van der Waals surface area contributed by atoms with Crippen molar-refractivity contribution >= 4 is 44.8 Å². The average molecular weight is 488 g/mol. The van der Waals surface area contributed by atoms with E-state index < -0.39 is 0 Å². The maximum atomic E-state index is 12.6. The number of likely N-dealkylation sites (N-methyl/N-ethyl adjacent to an activating group) is 1. The highest BCUT2D eigenvalue weighted by atomic mass is 79.9. The third-order valence-corrected chi connectivity index (χ3v) is 5.66. The number of carbonyl (C=O) groups is 2. The number of amides is 2. The van der Waals surface area contributed by atoms with E-state index in [0.717, 1.165) is 26.4 Å². The van der Waals surface area contributed by atoms with Gasteiger partial charge in [-0.15, -0.1) is 11.3 Å². The number of thiazole rings is 1. The number of ether oxygens (including phenoxy) is 1. The van der Waals surface area contributed by atoms with Crippen molar-refractivity contribution in [3.8, 4) is 5.75 Å². The second-order valence-electron chi connectivity index (χ2n) is 6.84. The molecule has 2 aromatic carbocycles. The van der Waals surface area contributed by atoms with Crippen LogP contribution in [0.25, 0.3) is 0 Å². The first-order valence-electron chi connectivity index (χ1n) is 9.27. The molecule has 0 saturated carbocycles. The Bertz CT molecular complexity index is 1050. The lowest BCUT2D eigenvalue weighted by molar-refractivity contribution is -0.116. The predicted molar refractivity (Wildman–Crippen MR) is 122 cm³/mol. The average Bonchev–Trinajstić information content (AvgIpc) is 3.13. The number of nitrogens with one attached hydrogen (secondary N) is 1. The van der Waals surface area contributed by atoms with E-state index in [-0.39, 0.29) is 18.4 Å². The molecule has 0 aliphatic rings. The van der Waals surface area contributed by atoms with Crippen LogP contribution in [-0.2, 0) is 11.4 Å². The van der Waals surface area contributed by atoms with Gasteiger partial charge in [0.15, 0.2) is 0 Å². The normalized spacial score (nSPS) is 10.5. The zero-order valence-electron chi connectivity index (χ0n) is 16.9. The molecular formula is C22H22BrN3O3S. The van der Waals surface area contributed by atoms with E-state index in [4.69, 9.17) is 4.74 Å². The molecule has 0 aliphatic heterocycles. The number of carbonyl (C=O) groups excluding carboxylic acids is 2. The van der Waals surface area contributed by atoms with Gasteiger partial charge in [-0.2, -0.15) is 0 Å². The summed E-state index contributed by atoms with van der Waals surface area (Å²) in [5.41, 5.74) is 3.03. The lowest BCUT2D eigenvalue weighted by atomic mass is 10.2. The number of benzene rings is 2. The Morgan fingerprint density at radius 2 is 1.90 bits per heavy atom. The zero-order chi connectivity index (χ0) is 21.7. The number of rotatable bonds is 7. The summed E-state index contributed by atoms with van der Waals surface area (Å²) in [4.78, 5) is 30.7. The van der Waals surface area contributed by atoms with Gasteiger partial charge in [-0.3, -0.25) is 9.59 Å². The van der Waals surface area contributed by atoms with E-state index in [0.29, 0.717) is 17.9 Å². The van der Waals surface area contributed by atoms with Crippen molar-refractivity contribution in [2.75, 3.05) is 18.9 Å². The molecule has 30 heavy (non-hydrogen) atoms. The van der Waals surface area contributed by atoms with Crippen LogP contribution in [0, 0.1) is 13.8 Å². The summed E-state index contributed by atoms with van der Waals surface area (Å²) in [6, 6.07) is 12.5. The number of nitrogens with zero attached hydrogens (tertiary/aromatic N) is 2. The van der Waals surface area contributed by atoms with Crippen molar-refractivity contribution in [3.63, 3.8) is 0 Å². The van der Waals surface area contributed by atoms with Gasteiger partial charge in [-0.1, -0.05) is 15.9 Å². The largest absolute Gasteiger partial charge is 0.487 e. The summed E-state index contributed by atoms with van der Waals surface area (Å²) >= 11 is 4.98. The van der Waals surface area contributed by atoms with Gasteiger partial charge >= 0.3 is 0 Å². The third kappa shape index (κ3) is 5.90. The summed E-state index contributed by atoms with van der Waals surface area (Å²) in [5, 5.41) is 5.80. The molecule has 0 unspecified atom stereocenters. The molecule has 6 nitrogen and oxygen atoms in total. The Morgan fingerprint density at radius 3 is 2.53 bits per heavy atom. The second kappa shape index (κ2) is 9.86. The van der Waals surface area contributed by atoms with Crippen LogP contribution >= 0.6 is 27.3 Å². The lowest BCUT2D eigenvalue weighted by Crippen LogP contribution is -2.35. The van der Waals surface area contributed by atoms with Gasteiger partial charge in [0.05, 0.1) is 17.2 Å². The first-order chi connectivity index (χ1) is 14.3.